The number of ether oxygens (including phenoxy) is 2. The van der Waals surface area contributed by atoms with Crippen molar-refractivity contribution in [3.63, 3.8) is 0 Å². The molecule has 8 nitrogen and oxygen atoms in total. The van der Waals surface area contributed by atoms with Gasteiger partial charge in [0.15, 0.2) is 6.23 Å². The fourth-order valence-electron chi connectivity index (χ4n) is 3.75. The van der Waals surface area contributed by atoms with E-state index in [0.29, 0.717) is 23.6 Å². The molecule has 1 aliphatic rings. The van der Waals surface area contributed by atoms with Gasteiger partial charge in [0.05, 0.1) is 11.2 Å². The van der Waals surface area contributed by atoms with E-state index in [2.05, 4.69) is 5.32 Å². The first kappa shape index (κ1) is 20.1. The maximum absolute atomic E-state index is 12.1. The van der Waals surface area contributed by atoms with E-state index in [4.69, 9.17) is 20.3 Å². The second-order valence-corrected chi connectivity index (χ2v) is 7.24. The third kappa shape index (κ3) is 3.92. The number of nitrogens with two attached hydrogens (primary N) is 1. The lowest BCUT2D eigenvalue weighted by molar-refractivity contribution is -0.119. The Balaban J connectivity index is 1.87. The van der Waals surface area contributed by atoms with Crippen molar-refractivity contribution in [2.75, 3.05) is 25.6 Å². The molecule has 2 aromatic carbocycles. The molecule has 0 radical (unpaired) electrons. The van der Waals surface area contributed by atoms with Crippen LogP contribution in [0.3, 0.4) is 0 Å². The number of rotatable bonds is 6. The number of hydrogen-bond acceptors (Lipinski definition) is 5. The van der Waals surface area contributed by atoms with Crippen LogP contribution < -0.4 is 11.1 Å². The molecule has 0 spiro atoms. The summed E-state index contributed by atoms with van der Waals surface area (Å²) in [6, 6.07) is 12.7. The summed E-state index contributed by atoms with van der Waals surface area (Å²) in [6.45, 7) is 0.635. The van der Waals surface area contributed by atoms with E-state index in [1.54, 1.807) is 12.1 Å². The van der Waals surface area contributed by atoms with Gasteiger partial charge in [0.25, 0.3) is 0 Å². The van der Waals surface area contributed by atoms with E-state index < -0.39 is 5.91 Å². The van der Waals surface area contributed by atoms with Crippen LogP contribution in [0.15, 0.2) is 42.5 Å². The minimum Gasteiger partial charge on any atom is -0.375 e. The number of carbonyl (C=O) groups is 2. The lowest BCUT2D eigenvalue weighted by atomic mass is 10.0. The molecule has 1 unspecified atom stereocenters. The summed E-state index contributed by atoms with van der Waals surface area (Å²) < 4.78 is 12.7. The Hall–Kier alpha value is -3.23. The van der Waals surface area contributed by atoms with Gasteiger partial charge in [-0.25, -0.2) is 4.68 Å². The molecule has 156 valence electrons. The highest BCUT2D eigenvalue weighted by Crippen LogP contribution is 2.36. The fourth-order valence-corrected chi connectivity index (χ4v) is 3.75. The van der Waals surface area contributed by atoms with Crippen LogP contribution in [-0.2, 0) is 14.3 Å². The quantitative estimate of drug-likeness (QED) is 0.652. The molecular weight excluding hydrogens is 384 g/mol. The van der Waals surface area contributed by atoms with E-state index in [-0.39, 0.29) is 18.7 Å². The number of aromatic nitrogens is 2. The number of hydrogen-bond donors (Lipinski definition) is 2. The van der Waals surface area contributed by atoms with Crippen molar-refractivity contribution in [3.05, 3.63) is 48.0 Å². The normalized spacial score (nSPS) is 16.5. The van der Waals surface area contributed by atoms with Crippen LogP contribution in [0.1, 0.15) is 35.8 Å². The van der Waals surface area contributed by atoms with Gasteiger partial charge in [-0.2, -0.15) is 5.10 Å². The van der Waals surface area contributed by atoms with E-state index in [9.17, 15) is 9.59 Å². The highest BCUT2D eigenvalue weighted by Gasteiger charge is 2.23. The number of nitrogens with one attached hydrogen (secondary N) is 1. The number of anilines is 1. The molecule has 1 aliphatic heterocycles. The van der Waals surface area contributed by atoms with Crippen LogP contribution in [0.4, 0.5) is 5.69 Å². The number of benzene rings is 2. The van der Waals surface area contributed by atoms with Gasteiger partial charge in [-0.05, 0) is 43.5 Å². The summed E-state index contributed by atoms with van der Waals surface area (Å²) in [5.41, 5.74) is 8.75. The molecule has 1 aromatic heterocycles. The SMILES string of the molecule is COCC(=O)Nc1ccccc1-c1nn(C2CCCCO2)c2ccc(C(N)=O)cc12. The summed E-state index contributed by atoms with van der Waals surface area (Å²) >= 11 is 0. The Labute approximate surface area is 173 Å². The van der Waals surface area contributed by atoms with Gasteiger partial charge < -0.3 is 20.5 Å². The number of amides is 2. The van der Waals surface area contributed by atoms with Gasteiger partial charge in [0, 0.05) is 30.2 Å². The lowest BCUT2D eigenvalue weighted by Gasteiger charge is -2.23. The highest BCUT2D eigenvalue weighted by atomic mass is 16.5. The molecule has 3 aromatic rings. The first-order chi connectivity index (χ1) is 14.6. The lowest BCUT2D eigenvalue weighted by Crippen LogP contribution is -2.19. The maximum Gasteiger partial charge on any atom is 0.250 e. The van der Waals surface area contributed by atoms with Gasteiger partial charge in [0.1, 0.15) is 12.3 Å². The number of primary amides is 1. The Morgan fingerprint density at radius 2 is 2.10 bits per heavy atom. The van der Waals surface area contributed by atoms with Gasteiger partial charge in [0.2, 0.25) is 11.8 Å². The smallest absolute Gasteiger partial charge is 0.250 e. The van der Waals surface area contributed by atoms with E-state index in [1.165, 1.54) is 7.11 Å². The molecular formula is C22H24N4O4. The predicted octanol–water partition coefficient (Wildman–Crippen LogP) is 3.09. The Kier molecular flexibility index (Phi) is 5.78. The van der Waals surface area contributed by atoms with Crippen molar-refractivity contribution in [2.24, 2.45) is 5.73 Å². The van der Waals surface area contributed by atoms with Crippen molar-refractivity contribution in [1.29, 1.82) is 0 Å². The zero-order valence-electron chi connectivity index (χ0n) is 16.8. The molecule has 1 atom stereocenters. The zero-order valence-corrected chi connectivity index (χ0v) is 16.8. The van der Waals surface area contributed by atoms with Crippen molar-refractivity contribution in [1.82, 2.24) is 9.78 Å². The van der Waals surface area contributed by atoms with Gasteiger partial charge in [-0.15, -0.1) is 0 Å². The monoisotopic (exact) mass is 408 g/mol. The molecule has 3 N–H and O–H groups in total. The number of para-hydroxylation sites is 1. The average Bonchev–Trinajstić information content (AvgIpc) is 3.13. The van der Waals surface area contributed by atoms with E-state index in [1.807, 2.05) is 35.0 Å². The fraction of sp³-hybridized carbons (Fsp3) is 0.318. The summed E-state index contributed by atoms with van der Waals surface area (Å²) in [5.74, 6) is -0.770. The van der Waals surface area contributed by atoms with Crippen LogP contribution >= 0.6 is 0 Å². The minimum atomic E-state index is -0.508. The largest absolute Gasteiger partial charge is 0.375 e. The highest BCUT2D eigenvalue weighted by molar-refractivity contribution is 6.04. The molecule has 8 heteroatoms. The third-order valence-corrected chi connectivity index (χ3v) is 5.15. The van der Waals surface area contributed by atoms with Crippen LogP contribution in [-0.4, -0.2) is 41.9 Å². The van der Waals surface area contributed by atoms with Crippen LogP contribution in [0.5, 0.6) is 0 Å². The second-order valence-electron chi connectivity index (χ2n) is 7.24. The topological polar surface area (TPSA) is 108 Å². The number of carbonyl (C=O) groups excluding carboxylic acids is 2. The second kappa shape index (κ2) is 8.64. The Morgan fingerprint density at radius 3 is 2.83 bits per heavy atom. The molecule has 4 rings (SSSR count). The van der Waals surface area contributed by atoms with Crippen LogP contribution in [0, 0.1) is 0 Å². The minimum absolute atomic E-state index is 0.0503. The van der Waals surface area contributed by atoms with Crippen molar-refractivity contribution in [3.8, 4) is 11.3 Å². The average molecular weight is 408 g/mol. The van der Waals surface area contributed by atoms with Gasteiger partial charge in [-0.1, -0.05) is 18.2 Å². The molecule has 30 heavy (non-hydrogen) atoms. The molecule has 0 saturated carbocycles. The van der Waals surface area contributed by atoms with Crippen molar-refractivity contribution in [2.45, 2.75) is 25.5 Å². The Bertz CT molecular complexity index is 1090. The van der Waals surface area contributed by atoms with Crippen molar-refractivity contribution >= 4 is 28.4 Å². The number of methoxy groups -OCH3 is 1. The number of fused-ring (bicyclic) bond motifs is 1. The first-order valence-corrected chi connectivity index (χ1v) is 9.90. The van der Waals surface area contributed by atoms with Gasteiger partial charge in [-0.3, -0.25) is 9.59 Å². The third-order valence-electron chi connectivity index (χ3n) is 5.15. The van der Waals surface area contributed by atoms with E-state index in [0.717, 1.165) is 35.7 Å². The molecule has 2 amide bonds. The predicted molar refractivity (Wildman–Crippen MR) is 113 cm³/mol. The molecule has 1 saturated heterocycles. The molecule has 0 aliphatic carbocycles. The molecule has 2 heterocycles. The summed E-state index contributed by atoms with van der Waals surface area (Å²) in [6.07, 6.45) is 2.78. The maximum atomic E-state index is 12.1. The standard InChI is InChI=1S/C22H24N4O4/c1-29-13-19(27)24-17-7-3-2-6-15(17)21-16-12-14(22(23)28)9-10-18(16)26(25-21)20-8-4-5-11-30-20/h2-3,6-7,9-10,12,20H,4-5,8,11,13H2,1H3,(H2,23,28)(H,24,27). The summed E-state index contributed by atoms with van der Waals surface area (Å²) in [5, 5.41) is 8.49. The van der Waals surface area contributed by atoms with Gasteiger partial charge >= 0.3 is 0 Å². The zero-order chi connectivity index (χ0) is 21.1. The molecule has 1 fully saturated rings. The summed E-state index contributed by atoms with van der Waals surface area (Å²) in [7, 11) is 1.47. The Morgan fingerprint density at radius 1 is 1.27 bits per heavy atom. The van der Waals surface area contributed by atoms with Crippen molar-refractivity contribution < 1.29 is 19.1 Å². The van der Waals surface area contributed by atoms with Crippen LogP contribution in [0.2, 0.25) is 0 Å². The first-order valence-electron chi connectivity index (χ1n) is 9.90. The van der Waals surface area contributed by atoms with Crippen LogP contribution in [0.25, 0.3) is 22.2 Å². The van der Waals surface area contributed by atoms with E-state index >= 15 is 0 Å². The number of nitrogens with zero attached hydrogens (tertiary/aromatic N) is 2. The molecule has 0 bridgehead atoms. The summed E-state index contributed by atoms with van der Waals surface area (Å²) in [4.78, 5) is 23.9.